The van der Waals surface area contributed by atoms with E-state index >= 15 is 0 Å². The number of ether oxygens (including phenoxy) is 1. The van der Waals surface area contributed by atoms with Gasteiger partial charge in [0.2, 0.25) is 0 Å². The second-order valence-electron chi connectivity index (χ2n) is 6.31. The minimum absolute atomic E-state index is 0.00528. The molecule has 2 atom stereocenters. The first-order chi connectivity index (χ1) is 12.7. The summed E-state index contributed by atoms with van der Waals surface area (Å²) in [5, 5.41) is 4.14. The van der Waals surface area contributed by atoms with Crippen molar-refractivity contribution in [2.75, 3.05) is 12.0 Å². The van der Waals surface area contributed by atoms with E-state index in [1.807, 2.05) is 55.7 Å². The van der Waals surface area contributed by atoms with Gasteiger partial charge < -0.3 is 19.5 Å². The zero-order valence-corrected chi connectivity index (χ0v) is 15.5. The Balaban J connectivity index is 1.82. The van der Waals surface area contributed by atoms with Gasteiger partial charge in [0.15, 0.2) is 5.11 Å². The van der Waals surface area contributed by atoms with Gasteiger partial charge in [-0.15, -0.1) is 0 Å². The first kappa shape index (κ1) is 16.6. The van der Waals surface area contributed by atoms with E-state index in [2.05, 4.69) is 38.2 Å². The maximum Gasteiger partial charge on any atom is 0.174 e. The highest BCUT2D eigenvalue weighted by Gasteiger charge is 2.41. The van der Waals surface area contributed by atoms with E-state index in [-0.39, 0.29) is 12.1 Å². The van der Waals surface area contributed by atoms with E-state index in [1.54, 1.807) is 7.11 Å². The van der Waals surface area contributed by atoms with Crippen LogP contribution in [0.3, 0.4) is 0 Å². The molecule has 1 fully saturated rings. The lowest BCUT2D eigenvalue weighted by Gasteiger charge is -2.27. The molecular weight excluding hydrogens is 344 g/mol. The molecule has 5 nitrogen and oxygen atoms in total. The lowest BCUT2D eigenvalue weighted by Crippen LogP contribution is -2.29. The van der Waals surface area contributed by atoms with Gasteiger partial charge in [0.05, 0.1) is 24.9 Å². The maximum atomic E-state index is 5.70. The van der Waals surface area contributed by atoms with Crippen LogP contribution < -0.4 is 15.0 Å². The number of methoxy groups -OCH3 is 1. The van der Waals surface area contributed by atoms with E-state index in [9.17, 15) is 0 Å². The summed E-state index contributed by atoms with van der Waals surface area (Å²) in [5.41, 5.74) is 3.14. The Morgan fingerprint density at radius 1 is 1.15 bits per heavy atom. The second-order valence-corrected chi connectivity index (χ2v) is 6.70. The third kappa shape index (κ3) is 2.93. The van der Waals surface area contributed by atoms with Crippen molar-refractivity contribution in [3.63, 3.8) is 0 Å². The Hall–Kier alpha value is -2.86. The molecule has 1 saturated heterocycles. The molecule has 132 valence electrons. The standard InChI is InChI=1S/C20H20N4OS/c1-23-11-9-14(13-23)19-18(17-8-3-4-10-21-17)22-20(26)24(19)15-6-5-7-16(12-15)25-2/h3-13,18-19H,1-2H3,(H,22,26). The smallest absolute Gasteiger partial charge is 0.174 e. The average Bonchev–Trinajstić information content (AvgIpc) is 3.25. The molecule has 1 aliphatic heterocycles. The Morgan fingerprint density at radius 3 is 2.73 bits per heavy atom. The Morgan fingerprint density at radius 2 is 2.04 bits per heavy atom. The van der Waals surface area contributed by atoms with Crippen LogP contribution >= 0.6 is 12.2 Å². The summed E-state index contributed by atoms with van der Waals surface area (Å²) in [6, 6.07) is 16.0. The van der Waals surface area contributed by atoms with Gasteiger partial charge in [-0.05, 0) is 48.1 Å². The number of thiocarbonyl (C=S) groups is 1. The van der Waals surface area contributed by atoms with Gasteiger partial charge in [0.25, 0.3) is 0 Å². The third-order valence-electron chi connectivity index (χ3n) is 4.63. The van der Waals surface area contributed by atoms with Crippen LogP contribution in [0, 0.1) is 0 Å². The number of anilines is 1. The lowest BCUT2D eigenvalue weighted by atomic mass is 9.98. The van der Waals surface area contributed by atoms with E-state index in [4.69, 9.17) is 17.0 Å². The van der Waals surface area contributed by atoms with Crippen LogP contribution in [-0.4, -0.2) is 21.8 Å². The first-order valence-electron chi connectivity index (χ1n) is 8.44. The largest absolute Gasteiger partial charge is 0.497 e. The number of hydrogen-bond donors (Lipinski definition) is 1. The van der Waals surface area contributed by atoms with Crippen molar-refractivity contribution in [3.8, 4) is 5.75 Å². The van der Waals surface area contributed by atoms with Gasteiger partial charge >= 0.3 is 0 Å². The fourth-order valence-electron chi connectivity index (χ4n) is 3.43. The monoisotopic (exact) mass is 364 g/mol. The summed E-state index contributed by atoms with van der Waals surface area (Å²) in [4.78, 5) is 6.70. The summed E-state index contributed by atoms with van der Waals surface area (Å²) in [6.45, 7) is 0. The highest BCUT2D eigenvalue weighted by Crippen LogP contribution is 2.42. The van der Waals surface area contributed by atoms with Crippen molar-refractivity contribution in [2.45, 2.75) is 12.1 Å². The lowest BCUT2D eigenvalue weighted by molar-refractivity contribution is 0.415. The van der Waals surface area contributed by atoms with Crippen molar-refractivity contribution in [1.29, 1.82) is 0 Å². The fourth-order valence-corrected chi connectivity index (χ4v) is 3.78. The predicted molar refractivity (Wildman–Crippen MR) is 106 cm³/mol. The van der Waals surface area contributed by atoms with Crippen LogP contribution in [0.4, 0.5) is 5.69 Å². The number of pyridine rings is 1. The van der Waals surface area contributed by atoms with Crippen molar-refractivity contribution in [3.05, 3.63) is 78.4 Å². The molecule has 1 aromatic carbocycles. The van der Waals surface area contributed by atoms with Crippen LogP contribution in [0.1, 0.15) is 23.3 Å². The van der Waals surface area contributed by atoms with Gasteiger partial charge in [-0.1, -0.05) is 12.1 Å². The molecule has 2 unspecified atom stereocenters. The number of aromatic nitrogens is 2. The Labute approximate surface area is 158 Å². The van der Waals surface area contributed by atoms with Crippen LogP contribution in [0.25, 0.3) is 0 Å². The molecule has 2 aromatic heterocycles. The van der Waals surface area contributed by atoms with Crippen molar-refractivity contribution in [1.82, 2.24) is 14.9 Å². The van der Waals surface area contributed by atoms with Crippen LogP contribution in [0.15, 0.2) is 67.1 Å². The number of aryl methyl sites for hydroxylation is 1. The first-order valence-corrected chi connectivity index (χ1v) is 8.85. The molecule has 26 heavy (non-hydrogen) atoms. The number of benzene rings is 1. The van der Waals surface area contributed by atoms with Crippen molar-refractivity contribution >= 4 is 23.0 Å². The van der Waals surface area contributed by atoms with E-state index in [1.165, 1.54) is 5.56 Å². The Bertz CT molecular complexity index is 924. The average molecular weight is 364 g/mol. The van der Waals surface area contributed by atoms with Crippen LogP contribution in [-0.2, 0) is 7.05 Å². The molecule has 0 radical (unpaired) electrons. The topological polar surface area (TPSA) is 42.3 Å². The Kier molecular flexibility index (Phi) is 4.34. The number of nitrogens with one attached hydrogen (secondary N) is 1. The predicted octanol–water partition coefficient (Wildman–Crippen LogP) is 3.61. The minimum atomic E-state index is -0.0303. The molecule has 1 N–H and O–H groups in total. The molecule has 0 spiro atoms. The molecule has 0 aliphatic carbocycles. The maximum absolute atomic E-state index is 5.70. The summed E-state index contributed by atoms with van der Waals surface area (Å²) in [5.74, 6) is 0.804. The highest BCUT2D eigenvalue weighted by atomic mass is 32.1. The van der Waals surface area contributed by atoms with Gasteiger partial charge in [-0.25, -0.2) is 0 Å². The molecule has 4 rings (SSSR count). The summed E-state index contributed by atoms with van der Waals surface area (Å²) < 4.78 is 7.45. The van der Waals surface area contributed by atoms with Gasteiger partial charge in [0, 0.05) is 37.4 Å². The molecular formula is C20H20N4OS. The van der Waals surface area contributed by atoms with Crippen molar-refractivity contribution in [2.24, 2.45) is 7.05 Å². The third-order valence-corrected chi connectivity index (χ3v) is 4.94. The molecule has 3 aromatic rings. The normalized spacial score (nSPS) is 19.5. The van der Waals surface area contributed by atoms with Gasteiger partial charge in [-0.2, -0.15) is 0 Å². The molecule has 0 bridgehead atoms. The minimum Gasteiger partial charge on any atom is -0.497 e. The van der Waals surface area contributed by atoms with E-state index in [0.29, 0.717) is 5.11 Å². The molecule has 1 aliphatic rings. The summed E-state index contributed by atoms with van der Waals surface area (Å²) in [7, 11) is 3.70. The van der Waals surface area contributed by atoms with E-state index in [0.717, 1.165) is 17.1 Å². The summed E-state index contributed by atoms with van der Waals surface area (Å²) in [6.07, 6.45) is 6.00. The van der Waals surface area contributed by atoms with E-state index < -0.39 is 0 Å². The number of rotatable bonds is 4. The number of hydrogen-bond acceptors (Lipinski definition) is 3. The van der Waals surface area contributed by atoms with Crippen LogP contribution in [0.5, 0.6) is 5.75 Å². The number of nitrogens with zero attached hydrogens (tertiary/aromatic N) is 3. The quantitative estimate of drug-likeness (QED) is 0.717. The van der Waals surface area contributed by atoms with Gasteiger partial charge in [0.1, 0.15) is 5.75 Å². The van der Waals surface area contributed by atoms with Crippen molar-refractivity contribution < 1.29 is 4.74 Å². The molecule has 0 saturated carbocycles. The molecule has 3 heterocycles. The van der Waals surface area contributed by atoms with Gasteiger partial charge in [-0.3, -0.25) is 4.98 Å². The molecule has 0 amide bonds. The molecule has 6 heteroatoms. The SMILES string of the molecule is COc1cccc(N2C(=S)NC(c3ccccn3)C2c2ccn(C)c2)c1. The highest BCUT2D eigenvalue weighted by molar-refractivity contribution is 7.80. The fraction of sp³-hybridized carbons (Fsp3) is 0.200. The zero-order valence-electron chi connectivity index (χ0n) is 14.7. The zero-order chi connectivity index (χ0) is 18.1. The summed E-state index contributed by atoms with van der Waals surface area (Å²) >= 11 is 5.70. The second kappa shape index (κ2) is 6.80. The van der Waals surface area contributed by atoms with Crippen LogP contribution in [0.2, 0.25) is 0 Å².